The zero-order valence-corrected chi connectivity index (χ0v) is 14.2. The number of hydrogen-bond acceptors (Lipinski definition) is 5. The number of carbonyl (C=O) groups is 1. The minimum Gasteiger partial charge on any atom is -0.490 e. The fourth-order valence-electron chi connectivity index (χ4n) is 2.21. The molecule has 128 valence electrons. The lowest BCUT2D eigenvalue weighted by Crippen LogP contribution is -2.38. The van der Waals surface area contributed by atoms with E-state index in [-0.39, 0.29) is 19.6 Å². The lowest BCUT2D eigenvalue weighted by atomic mass is 10.2. The Kier molecular flexibility index (Phi) is 5.70. The molecule has 0 aromatic heterocycles. The zero-order chi connectivity index (χ0) is 17.0. The Morgan fingerprint density at radius 2 is 2.09 bits per heavy atom. The van der Waals surface area contributed by atoms with Gasteiger partial charge in [-0.15, -0.1) is 5.06 Å². The maximum Gasteiger partial charge on any atom is 0.528 e. The monoisotopic (exact) mass is 345 g/mol. The van der Waals surface area contributed by atoms with Gasteiger partial charge in [0.1, 0.15) is 24.1 Å². The van der Waals surface area contributed by atoms with Crippen LogP contribution in [0.2, 0.25) is 5.02 Å². The van der Waals surface area contributed by atoms with Gasteiger partial charge in [-0.1, -0.05) is 23.7 Å². The Morgan fingerprint density at radius 1 is 1.39 bits per heavy atom. The number of rotatable bonds is 4. The molecule has 2 rings (SSSR count). The van der Waals surface area contributed by atoms with E-state index in [4.69, 9.17) is 25.9 Å². The topological polar surface area (TPSA) is 48.0 Å². The lowest BCUT2D eigenvalue weighted by molar-refractivity contribution is -0.156. The molecule has 1 fully saturated rings. The standard InChI is InChI=1S/C16H21ClFNO4/c1-16(2,3)22-15(20)23-19-9-11(18)8-12(19)10-21-14-7-5-4-6-13(14)17/h4-7,11-12H,8-10H2,1-3H3/t11-,12+/m0/s1. The molecule has 1 aliphatic heterocycles. The number of nitrogens with zero attached hydrogens (tertiary/aromatic N) is 1. The molecule has 0 bridgehead atoms. The second-order valence-electron chi connectivity index (χ2n) is 6.38. The fourth-order valence-corrected chi connectivity index (χ4v) is 2.40. The quantitative estimate of drug-likeness (QED) is 0.772. The van der Waals surface area contributed by atoms with Crippen molar-refractivity contribution in [1.82, 2.24) is 5.06 Å². The van der Waals surface area contributed by atoms with E-state index in [9.17, 15) is 9.18 Å². The van der Waals surface area contributed by atoms with Gasteiger partial charge in [0.25, 0.3) is 0 Å². The van der Waals surface area contributed by atoms with Crippen LogP contribution in [0.4, 0.5) is 9.18 Å². The second-order valence-corrected chi connectivity index (χ2v) is 6.79. The van der Waals surface area contributed by atoms with Crippen molar-refractivity contribution in [1.29, 1.82) is 0 Å². The summed E-state index contributed by atoms with van der Waals surface area (Å²) in [5, 5.41) is 1.75. The highest BCUT2D eigenvalue weighted by atomic mass is 35.5. The summed E-state index contributed by atoms with van der Waals surface area (Å²) in [7, 11) is 0. The molecule has 5 nitrogen and oxygen atoms in total. The van der Waals surface area contributed by atoms with Crippen LogP contribution in [0.15, 0.2) is 24.3 Å². The highest BCUT2D eigenvalue weighted by Crippen LogP contribution is 2.26. The van der Waals surface area contributed by atoms with E-state index >= 15 is 0 Å². The molecule has 0 aliphatic carbocycles. The lowest BCUT2D eigenvalue weighted by Gasteiger charge is -2.25. The molecule has 7 heteroatoms. The third-order valence-electron chi connectivity index (χ3n) is 3.16. The molecular weight excluding hydrogens is 325 g/mol. The van der Waals surface area contributed by atoms with E-state index in [1.165, 1.54) is 5.06 Å². The van der Waals surface area contributed by atoms with E-state index in [1.54, 1.807) is 45.0 Å². The molecule has 0 unspecified atom stereocenters. The predicted molar refractivity (Wildman–Crippen MR) is 84.3 cm³/mol. The molecule has 0 amide bonds. The summed E-state index contributed by atoms with van der Waals surface area (Å²) >= 11 is 6.01. The van der Waals surface area contributed by atoms with Crippen LogP contribution in [0.1, 0.15) is 27.2 Å². The maximum atomic E-state index is 13.7. The van der Waals surface area contributed by atoms with Crippen molar-refractivity contribution in [3.05, 3.63) is 29.3 Å². The van der Waals surface area contributed by atoms with Gasteiger partial charge in [0.05, 0.1) is 17.6 Å². The van der Waals surface area contributed by atoms with Gasteiger partial charge in [0.15, 0.2) is 0 Å². The number of hydrogen-bond donors (Lipinski definition) is 0. The molecule has 1 saturated heterocycles. The number of halogens is 2. The van der Waals surface area contributed by atoms with Gasteiger partial charge < -0.3 is 14.3 Å². The smallest absolute Gasteiger partial charge is 0.490 e. The Hall–Kier alpha value is -1.53. The summed E-state index contributed by atoms with van der Waals surface area (Å²) < 4.78 is 24.3. The molecular formula is C16H21ClFNO4. The van der Waals surface area contributed by atoms with Crippen LogP contribution in [0.5, 0.6) is 5.75 Å². The van der Waals surface area contributed by atoms with Crippen molar-refractivity contribution in [3.63, 3.8) is 0 Å². The van der Waals surface area contributed by atoms with Crippen molar-refractivity contribution in [2.24, 2.45) is 0 Å². The van der Waals surface area contributed by atoms with Gasteiger partial charge in [-0.25, -0.2) is 9.18 Å². The van der Waals surface area contributed by atoms with Gasteiger partial charge in [-0.2, -0.15) is 0 Å². The molecule has 1 heterocycles. The van der Waals surface area contributed by atoms with Crippen LogP contribution >= 0.6 is 11.6 Å². The van der Waals surface area contributed by atoms with E-state index in [2.05, 4.69) is 0 Å². The van der Waals surface area contributed by atoms with Gasteiger partial charge in [0.2, 0.25) is 0 Å². The average Bonchev–Trinajstić information content (AvgIpc) is 2.75. The van der Waals surface area contributed by atoms with Crippen molar-refractivity contribution < 1.29 is 23.5 Å². The Balaban J connectivity index is 1.91. The summed E-state index contributed by atoms with van der Waals surface area (Å²) in [6, 6.07) is 6.62. The van der Waals surface area contributed by atoms with Crippen molar-refractivity contribution >= 4 is 17.8 Å². The Bertz CT molecular complexity index is 549. The summed E-state index contributed by atoms with van der Waals surface area (Å²) in [6.45, 7) is 5.35. The average molecular weight is 346 g/mol. The van der Waals surface area contributed by atoms with Crippen LogP contribution < -0.4 is 4.74 Å². The summed E-state index contributed by atoms with van der Waals surface area (Å²) in [5.74, 6) is 0.508. The first kappa shape index (κ1) is 17.8. The minimum atomic E-state index is -1.09. The predicted octanol–water partition coefficient (Wildman–Crippen LogP) is 4.00. The number of carbonyl (C=O) groups excluding carboxylic acids is 1. The van der Waals surface area contributed by atoms with Crippen LogP contribution in [0.25, 0.3) is 0 Å². The second kappa shape index (κ2) is 7.36. The van der Waals surface area contributed by atoms with Gasteiger partial charge >= 0.3 is 6.16 Å². The van der Waals surface area contributed by atoms with Crippen molar-refractivity contribution in [2.45, 2.75) is 45.0 Å². The Morgan fingerprint density at radius 3 is 2.74 bits per heavy atom. The van der Waals surface area contributed by atoms with Crippen LogP contribution in [0.3, 0.4) is 0 Å². The SMILES string of the molecule is CC(C)(C)OC(=O)ON1C[C@@H](F)C[C@@H]1COc1ccccc1Cl. The molecule has 0 radical (unpaired) electrons. The molecule has 23 heavy (non-hydrogen) atoms. The Labute approximate surface area is 140 Å². The number of hydroxylamine groups is 2. The van der Waals surface area contributed by atoms with E-state index < -0.39 is 24.0 Å². The number of para-hydroxylation sites is 1. The minimum absolute atomic E-state index is 0.00418. The van der Waals surface area contributed by atoms with Crippen LogP contribution in [0, 0.1) is 0 Å². The summed E-state index contributed by atoms with van der Waals surface area (Å²) in [6.07, 6.45) is -1.72. The highest BCUT2D eigenvalue weighted by Gasteiger charge is 2.36. The van der Waals surface area contributed by atoms with E-state index in [0.717, 1.165) is 0 Å². The third-order valence-corrected chi connectivity index (χ3v) is 3.47. The van der Waals surface area contributed by atoms with E-state index in [1.807, 2.05) is 0 Å². The van der Waals surface area contributed by atoms with Gasteiger partial charge in [0, 0.05) is 6.42 Å². The van der Waals surface area contributed by atoms with Gasteiger partial charge in [-0.05, 0) is 32.9 Å². The maximum absolute atomic E-state index is 13.7. The first-order chi connectivity index (χ1) is 10.7. The van der Waals surface area contributed by atoms with Crippen LogP contribution in [-0.4, -0.2) is 42.2 Å². The van der Waals surface area contributed by atoms with Crippen molar-refractivity contribution in [3.8, 4) is 5.75 Å². The summed E-state index contributed by atoms with van der Waals surface area (Å²) in [4.78, 5) is 16.8. The third kappa shape index (κ3) is 5.55. The van der Waals surface area contributed by atoms with Crippen LogP contribution in [-0.2, 0) is 9.57 Å². The van der Waals surface area contributed by atoms with Crippen molar-refractivity contribution in [2.75, 3.05) is 13.2 Å². The van der Waals surface area contributed by atoms with Gasteiger partial charge in [-0.3, -0.25) is 0 Å². The molecule has 0 spiro atoms. The normalized spacial score (nSPS) is 22.0. The summed E-state index contributed by atoms with van der Waals surface area (Å²) in [5.41, 5.74) is -0.671. The first-order valence-electron chi connectivity index (χ1n) is 7.43. The molecule has 1 aromatic rings. The first-order valence-corrected chi connectivity index (χ1v) is 7.81. The molecule has 0 saturated carbocycles. The molecule has 1 aromatic carbocycles. The number of ether oxygens (including phenoxy) is 2. The molecule has 2 atom stereocenters. The highest BCUT2D eigenvalue weighted by molar-refractivity contribution is 6.32. The molecule has 0 N–H and O–H groups in total. The molecule has 1 aliphatic rings. The fraction of sp³-hybridized carbons (Fsp3) is 0.562. The number of alkyl halides is 1. The number of benzene rings is 1. The zero-order valence-electron chi connectivity index (χ0n) is 13.4. The largest absolute Gasteiger partial charge is 0.528 e. The van der Waals surface area contributed by atoms with E-state index in [0.29, 0.717) is 10.8 Å².